The van der Waals surface area contributed by atoms with Gasteiger partial charge in [-0.05, 0) is 18.9 Å². The number of aliphatic hydroxyl groups is 1. The Bertz CT molecular complexity index is 383. The van der Waals surface area contributed by atoms with Gasteiger partial charge in [-0.1, -0.05) is 37.3 Å². The van der Waals surface area contributed by atoms with E-state index in [1.807, 2.05) is 51.2 Å². The Morgan fingerprint density at radius 1 is 1.32 bits per heavy atom. The van der Waals surface area contributed by atoms with Gasteiger partial charge < -0.3 is 10.0 Å². The zero-order valence-corrected chi connectivity index (χ0v) is 12.7. The van der Waals surface area contributed by atoms with E-state index in [2.05, 4.69) is 0 Å². The monoisotopic (exact) mass is 281 g/mol. The molecule has 0 saturated heterocycles. The molecule has 4 heteroatoms. The summed E-state index contributed by atoms with van der Waals surface area (Å²) in [5, 5.41) is 9.15. The fraction of sp³-hybridized carbons (Fsp3) is 0.533. The highest BCUT2D eigenvalue weighted by molar-refractivity contribution is 8.00. The molecule has 0 heterocycles. The molecule has 1 aromatic carbocycles. The lowest BCUT2D eigenvalue weighted by Crippen LogP contribution is -2.31. The van der Waals surface area contributed by atoms with E-state index in [1.165, 1.54) is 0 Å². The number of benzene rings is 1. The minimum atomic E-state index is 0.0856. The minimum Gasteiger partial charge on any atom is -0.396 e. The third-order valence-corrected chi connectivity index (χ3v) is 4.50. The summed E-state index contributed by atoms with van der Waals surface area (Å²) in [5.41, 5.74) is 1.15. The van der Waals surface area contributed by atoms with Crippen molar-refractivity contribution in [2.75, 3.05) is 19.4 Å². The van der Waals surface area contributed by atoms with Crippen molar-refractivity contribution in [1.29, 1.82) is 0 Å². The summed E-state index contributed by atoms with van der Waals surface area (Å²) in [6.45, 7) is 4.25. The Kier molecular flexibility index (Phi) is 6.95. The largest absolute Gasteiger partial charge is 0.396 e. The van der Waals surface area contributed by atoms with Crippen molar-refractivity contribution >= 4 is 17.7 Å². The predicted molar refractivity (Wildman–Crippen MR) is 81.2 cm³/mol. The topological polar surface area (TPSA) is 40.5 Å². The number of amides is 1. The summed E-state index contributed by atoms with van der Waals surface area (Å²) in [7, 11) is 1.84. The molecule has 1 N–H and O–H groups in total. The van der Waals surface area contributed by atoms with Crippen molar-refractivity contribution in [3.05, 3.63) is 35.9 Å². The number of aliphatic hydroxyl groups excluding tert-OH is 1. The second-order valence-corrected chi connectivity index (χ2v) is 6.15. The van der Waals surface area contributed by atoms with Crippen molar-refractivity contribution in [2.24, 2.45) is 0 Å². The molecule has 0 aliphatic carbocycles. The van der Waals surface area contributed by atoms with Crippen LogP contribution < -0.4 is 0 Å². The van der Waals surface area contributed by atoms with E-state index in [0.29, 0.717) is 11.0 Å². The fourth-order valence-electron chi connectivity index (χ4n) is 1.75. The van der Waals surface area contributed by atoms with Crippen LogP contribution in [0.15, 0.2) is 30.3 Å². The fourth-order valence-corrected chi connectivity index (χ4v) is 2.65. The number of thioether (sulfide) groups is 1. The highest BCUT2D eigenvalue weighted by Gasteiger charge is 2.17. The van der Waals surface area contributed by atoms with Crippen LogP contribution in [0.25, 0.3) is 0 Å². The first kappa shape index (κ1) is 16.1. The van der Waals surface area contributed by atoms with E-state index < -0.39 is 0 Å². The van der Waals surface area contributed by atoms with Crippen LogP contribution in [0.3, 0.4) is 0 Å². The molecule has 0 spiro atoms. The van der Waals surface area contributed by atoms with Gasteiger partial charge in [0, 0.05) is 18.9 Å². The number of nitrogens with zero attached hydrogens (tertiary/aromatic N) is 1. The summed E-state index contributed by atoms with van der Waals surface area (Å²) in [6.07, 6.45) is 0.732. The van der Waals surface area contributed by atoms with Gasteiger partial charge in [-0.15, -0.1) is 11.8 Å². The molecule has 3 nitrogen and oxygen atoms in total. The molecular weight excluding hydrogens is 258 g/mol. The van der Waals surface area contributed by atoms with Crippen LogP contribution in [0.2, 0.25) is 0 Å². The lowest BCUT2D eigenvalue weighted by molar-refractivity contribution is -0.128. The second kappa shape index (κ2) is 8.23. The third-order valence-electron chi connectivity index (χ3n) is 3.28. The van der Waals surface area contributed by atoms with Crippen molar-refractivity contribution in [2.45, 2.75) is 31.6 Å². The molecule has 0 radical (unpaired) electrons. The number of rotatable bonds is 7. The third kappa shape index (κ3) is 5.25. The molecule has 1 amide bonds. The minimum absolute atomic E-state index is 0.0856. The van der Waals surface area contributed by atoms with E-state index in [-0.39, 0.29) is 18.6 Å². The standard InChI is InChI=1S/C15H23NO2S/c1-12(9-10-17)19-11-15(18)16(3)13(2)14-7-5-4-6-8-14/h4-8,12-13,17H,9-11H2,1-3H3. The maximum atomic E-state index is 12.1. The molecule has 0 bridgehead atoms. The second-order valence-electron chi connectivity index (χ2n) is 4.73. The lowest BCUT2D eigenvalue weighted by Gasteiger charge is -2.25. The molecular formula is C15H23NO2S. The van der Waals surface area contributed by atoms with E-state index in [4.69, 9.17) is 5.11 Å². The molecule has 19 heavy (non-hydrogen) atoms. The molecule has 1 aromatic rings. The maximum Gasteiger partial charge on any atom is 0.232 e. The highest BCUT2D eigenvalue weighted by atomic mass is 32.2. The van der Waals surface area contributed by atoms with Crippen molar-refractivity contribution in [3.8, 4) is 0 Å². The molecule has 0 aliphatic rings. The van der Waals surface area contributed by atoms with E-state index in [0.717, 1.165) is 12.0 Å². The van der Waals surface area contributed by atoms with Gasteiger partial charge in [0.15, 0.2) is 0 Å². The summed E-state index contributed by atoms with van der Waals surface area (Å²) in [6, 6.07) is 10.1. The lowest BCUT2D eigenvalue weighted by atomic mass is 10.1. The van der Waals surface area contributed by atoms with Crippen LogP contribution in [0.4, 0.5) is 0 Å². The van der Waals surface area contributed by atoms with Gasteiger partial charge in [0.25, 0.3) is 0 Å². The first-order valence-corrected chi connectivity index (χ1v) is 7.64. The smallest absolute Gasteiger partial charge is 0.232 e. The number of hydrogen-bond acceptors (Lipinski definition) is 3. The highest BCUT2D eigenvalue weighted by Crippen LogP contribution is 2.20. The van der Waals surface area contributed by atoms with Crippen LogP contribution in [-0.2, 0) is 4.79 Å². The van der Waals surface area contributed by atoms with Gasteiger partial charge in [0.05, 0.1) is 11.8 Å². The first-order chi connectivity index (χ1) is 9.06. The van der Waals surface area contributed by atoms with E-state index in [9.17, 15) is 4.79 Å². The normalized spacial score (nSPS) is 13.9. The average Bonchev–Trinajstić information content (AvgIpc) is 2.44. The van der Waals surface area contributed by atoms with E-state index in [1.54, 1.807) is 16.7 Å². The van der Waals surface area contributed by atoms with Crippen molar-refractivity contribution < 1.29 is 9.90 Å². The van der Waals surface area contributed by atoms with Gasteiger partial charge in [-0.25, -0.2) is 0 Å². The number of hydrogen-bond donors (Lipinski definition) is 1. The Morgan fingerprint density at radius 3 is 2.53 bits per heavy atom. The van der Waals surface area contributed by atoms with Crippen LogP contribution in [0, 0.1) is 0 Å². The molecule has 0 aliphatic heterocycles. The predicted octanol–water partition coefficient (Wildman–Crippen LogP) is 2.71. The first-order valence-electron chi connectivity index (χ1n) is 6.59. The van der Waals surface area contributed by atoms with Crippen LogP contribution in [0.1, 0.15) is 31.9 Å². The zero-order valence-electron chi connectivity index (χ0n) is 11.9. The molecule has 0 aromatic heterocycles. The quantitative estimate of drug-likeness (QED) is 0.835. The van der Waals surface area contributed by atoms with Crippen molar-refractivity contribution in [3.63, 3.8) is 0 Å². The molecule has 2 atom stereocenters. The molecule has 1 rings (SSSR count). The molecule has 106 valence electrons. The Morgan fingerprint density at radius 2 is 1.95 bits per heavy atom. The summed E-state index contributed by atoms with van der Waals surface area (Å²) in [5.74, 6) is 0.598. The van der Waals surface area contributed by atoms with Gasteiger partial charge in [-0.3, -0.25) is 4.79 Å². The number of carbonyl (C=O) groups excluding carboxylic acids is 1. The zero-order chi connectivity index (χ0) is 14.3. The van der Waals surface area contributed by atoms with Gasteiger partial charge in [0.1, 0.15) is 0 Å². The van der Waals surface area contributed by atoms with E-state index >= 15 is 0 Å². The van der Waals surface area contributed by atoms with Gasteiger partial charge >= 0.3 is 0 Å². The summed E-state index contributed by atoms with van der Waals surface area (Å²) in [4.78, 5) is 13.9. The molecule has 2 unspecified atom stereocenters. The van der Waals surface area contributed by atoms with Gasteiger partial charge in [0.2, 0.25) is 5.91 Å². The number of carbonyl (C=O) groups is 1. The summed E-state index contributed by atoms with van der Waals surface area (Å²) < 4.78 is 0. The Balaban J connectivity index is 2.48. The average molecular weight is 281 g/mol. The van der Waals surface area contributed by atoms with Crippen LogP contribution in [0.5, 0.6) is 0 Å². The Hall–Kier alpha value is -1.00. The summed E-state index contributed by atoms with van der Waals surface area (Å²) >= 11 is 1.60. The van der Waals surface area contributed by atoms with Crippen molar-refractivity contribution in [1.82, 2.24) is 4.90 Å². The SMILES string of the molecule is CC(CCO)SCC(=O)N(C)C(C)c1ccccc1. The maximum absolute atomic E-state index is 12.1. The van der Waals surface area contributed by atoms with Crippen LogP contribution >= 0.6 is 11.8 Å². The Labute approximate surface area is 120 Å². The van der Waals surface area contributed by atoms with Gasteiger partial charge in [-0.2, -0.15) is 0 Å². The van der Waals surface area contributed by atoms with Crippen LogP contribution in [-0.4, -0.2) is 40.6 Å². The molecule has 0 fully saturated rings. The molecule has 0 saturated carbocycles.